The second-order valence-corrected chi connectivity index (χ2v) is 6.95. The molecule has 0 atom stereocenters. The van der Waals surface area contributed by atoms with Gasteiger partial charge in [-0.05, 0) is 54.6 Å². The Hall–Kier alpha value is -3.38. The summed E-state index contributed by atoms with van der Waals surface area (Å²) in [5.74, 6) is -0.456. The third-order valence-electron chi connectivity index (χ3n) is 4.34. The summed E-state index contributed by atoms with van der Waals surface area (Å²) in [7, 11) is 1.67. The fourth-order valence-corrected chi connectivity index (χ4v) is 2.90. The molecule has 0 saturated heterocycles. The van der Waals surface area contributed by atoms with E-state index in [4.69, 9.17) is 16.3 Å². The Morgan fingerprint density at radius 1 is 1.00 bits per heavy atom. The summed E-state index contributed by atoms with van der Waals surface area (Å²) in [6.45, 7) is 0.642. The number of nitrogens with zero attached hydrogens (tertiary/aromatic N) is 1. The van der Waals surface area contributed by atoms with E-state index in [0.717, 1.165) is 0 Å². The van der Waals surface area contributed by atoms with Crippen molar-refractivity contribution >= 4 is 29.1 Å². The van der Waals surface area contributed by atoms with Crippen LogP contribution in [0, 0.1) is 5.82 Å². The van der Waals surface area contributed by atoms with Crippen LogP contribution in [0.5, 0.6) is 5.75 Å². The lowest BCUT2D eigenvalue weighted by atomic mass is 10.1. The van der Waals surface area contributed by atoms with Crippen molar-refractivity contribution in [3.05, 3.63) is 94.8 Å². The van der Waals surface area contributed by atoms with Crippen LogP contribution in [0.2, 0.25) is 5.02 Å². The van der Waals surface area contributed by atoms with E-state index in [2.05, 4.69) is 5.32 Å². The first-order chi connectivity index (χ1) is 14.4. The normalized spacial score (nSPS) is 10.4. The minimum atomic E-state index is -0.416. The molecule has 0 radical (unpaired) electrons. The molecule has 0 fully saturated rings. The third-order valence-corrected chi connectivity index (χ3v) is 4.65. The molecule has 2 amide bonds. The number of hydrogen-bond donors (Lipinski definition) is 1. The molecule has 3 aromatic rings. The van der Waals surface area contributed by atoms with Crippen LogP contribution in [0.25, 0.3) is 0 Å². The van der Waals surface area contributed by atoms with Crippen LogP contribution in [-0.2, 0) is 0 Å². The van der Waals surface area contributed by atoms with Crippen LogP contribution in [0.15, 0.2) is 72.8 Å². The molecule has 3 aromatic carbocycles. The molecule has 1 N–H and O–H groups in total. The highest BCUT2D eigenvalue weighted by Crippen LogP contribution is 2.23. The molecule has 5 nitrogen and oxygen atoms in total. The molecular formula is C23H20ClFN2O3. The van der Waals surface area contributed by atoms with Crippen LogP contribution in [0.1, 0.15) is 20.7 Å². The van der Waals surface area contributed by atoms with Crippen LogP contribution in [-0.4, -0.2) is 36.9 Å². The smallest absolute Gasteiger partial charge is 0.255 e. The summed E-state index contributed by atoms with van der Waals surface area (Å²) in [4.78, 5) is 26.5. The van der Waals surface area contributed by atoms with Crippen molar-refractivity contribution in [1.29, 1.82) is 0 Å². The fraction of sp³-hybridized carbons (Fsp3) is 0.130. The number of nitrogens with one attached hydrogen (secondary N) is 1. The van der Waals surface area contributed by atoms with Crippen molar-refractivity contribution < 1.29 is 18.7 Å². The van der Waals surface area contributed by atoms with Gasteiger partial charge in [0.25, 0.3) is 11.8 Å². The Kier molecular flexibility index (Phi) is 7.03. The van der Waals surface area contributed by atoms with Crippen molar-refractivity contribution in [3.63, 3.8) is 0 Å². The molecule has 0 aliphatic carbocycles. The number of hydrogen-bond acceptors (Lipinski definition) is 3. The van der Waals surface area contributed by atoms with Crippen LogP contribution < -0.4 is 10.1 Å². The summed E-state index contributed by atoms with van der Waals surface area (Å²) >= 11 is 6.05. The van der Waals surface area contributed by atoms with Crippen molar-refractivity contribution in [2.45, 2.75) is 0 Å². The van der Waals surface area contributed by atoms with Gasteiger partial charge in [-0.3, -0.25) is 9.59 Å². The number of likely N-dealkylation sites (N-methyl/N-ethyl adjacent to an activating group) is 1. The second kappa shape index (κ2) is 9.89. The SMILES string of the molecule is CN(CCOc1ccccc1Cl)C(=O)c1cccc(NC(=O)c2ccc(F)cc2)c1. The number of benzene rings is 3. The van der Waals surface area contributed by atoms with E-state index in [1.54, 1.807) is 43.4 Å². The lowest BCUT2D eigenvalue weighted by Gasteiger charge is -2.18. The highest BCUT2D eigenvalue weighted by Gasteiger charge is 2.14. The summed E-state index contributed by atoms with van der Waals surface area (Å²) < 4.78 is 18.6. The lowest BCUT2D eigenvalue weighted by Crippen LogP contribution is -2.31. The molecule has 0 unspecified atom stereocenters. The number of rotatable bonds is 7. The molecule has 0 aliphatic heterocycles. The summed E-state index contributed by atoms with van der Waals surface area (Å²) in [6, 6.07) is 19.0. The summed E-state index contributed by atoms with van der Waals surface area (Å²) in [6.07, 6.45) is 0. The van der Waals surface area contributed by atoms with Crippen molar-refractivity contribution in [3.8, 4) is 5.75 Å². The van der Waals surface area contributed by atoms with E-state index in [9.17, 15) is 14.0 Å². The van der Waals surface area contributed by atoms with Crippen molar-refractivity contribution in [1.82, 2.24) is 4.90 Å². The fourth-order valence-electron chi connectivity index (χ4n) is 2.71. The first-order valence-electron chi connectivity index (χ1n) is 9.24. The minimum Gasteiger partial charge on any atom is -0.490 e. The van der Waals surface area contributed by atoms with Crippen LogP contribution >= 0.6 is 11.6 Å². The van der Waals surface area contributed by atoms with Gasteiger partial charge in [0.15, 0.2) is 0 Å². The molecule has 154 valence electrons. The quantitative estimate of drug-likeness (QED) is 0.585. The molecule has 7 heteroatoms. The molecule has 3 rings (SSSR count). The summed E-state index contributed by atoms with van der Waals surface area (Å²) in [5, 5.41) is 3.22. The maximum Gasteiger partial charge on any atom is 0.255 e. The zero-order chi connectivity index (χ0) is 21.5. The van der Waals surface area contributed by atoms with E-state index in [0.29, 0.717) is 34.1 Å². The van der Waals surface area contributed by atoms with Gasteiger partial charge in [0.1, 0.15) is 18.2 Å². The number of carbonyl (C=O) groups is 2. The largest absolute Gasteiger partial charge is 0.490 e. The van der Waals surface area contributed by atoms with Crippen molar-refractivity contribution in [2.75, 3.05) is 25.5 Å². The van der Waals surface area contributed by atoms with Gasteiger partial charge in [-0.1, -0.05) is 29.8 Å². The molecule has 0 saturated carbocycles. The number of para-hydroxylation sites is 1. The first kappa shape index (κ1) is 21.3. The van der Waals surface area contributed by atoms with Gasteiger partial charge in [-0.2, -0.15) is 0 Å². The average molecular weight is 427 g/mol. The molecule has 30 heavy (non-hydrogen) atoms. The van der Waals surface area contributed by atoms with Crippen LogP contribution in [0.4, 0.5) is 10.1 Å². The van der Waals surface area contributed by atoms with Gasteiger partial charge in [0.05, 0.1) is 11.6 Å². The average Bonchev–Trinajstić information content (AvgIpc) is 2.75. The standard InChI is InChI=1S/C23H20ClFN2O3/c1-27(13-14-30-21-8-3-2-7-20(21)24)23(29)17-5-4-6-19(15-17)26-22(28)16-9-11-18(25)12-10-16/h2-12,15H,13-14H2,1H3,(H,26,28). The van der Waals surface area contributed by atoms with E-state index in [-0.39, 0.29) is 18.4 Å². The molecular weight excluding hydrogens is 407 g/mol. The maximum atomic E-state index is 13.0. The molecule has 0 spiro atoms. The van der Waals surface area contributed by atoms with E-state index in [1.165, 1.54) is 29.2 Å². The van der Waals surface area contributed by atoms with Gasteiger partial charge < -0.3 is 15.0 Å². The Bertz CT molecular complexity index is 1040. The predicted octanol–water partition coefficient (Wildman–Crippen LogP) is 4.88. The van der Waals surface area contributed by atoms with Gasteiger partial charge in [0.2, 0.25) is 0 Å². The summed E-state index contributed by atoms with van der Waals surface area (Å²) in [5.41, 5.74) is 1.21. The maximum absolute atomic E-state index is 13.0. The van der Waals surface area contributed by atoms with E-state index >= 15 is 0 Å². The topological polar surface area (TPSA) is 58.6 Å². The zero-order valence-corrected chi connectivity index (χ0v) is 17.0. The second-order valence-electron chi connectivity index (χ2n) is 6.55. The van der Waals surface area contributed by atoms with Crippen LogP contribution in [0.3, 0.4) is 0 Å². The highest BCUT2D eigenvalue weighted by molar-refractivity contribution is 6.32. The van der Waals surface area contributed by atoms with Gasteiger partial charge >= 0.3 is 0 Å². The van der Waals surface area contributed by atoms with Gasteiger partial charge in [-0.25, -0.2) is 4.39 Å². The van der Waals surface area contributed by atoms with Gasteiger partial charge in [-0.15, -0.1) is 0 Å². The molecule has 0 aromatic heterocycles. The Morgan fingerprint density at radius 2 is 1.73 bits per heavy atom. The third kappa shape index (κ3) is 5.58. The zero-order valence-electron chi connectivity index (χ0n) is 16.3. The number of ether oxygens (including phenoxy) is 1. The predicted molar refractivity (Wildman–Crippen MR) is 115 cm³/mol. The van der Waals surface area contributed by atoms with E-state index < -0.39 is 5.82 Å². The van der Waals surface area contributed by atoms with Gasteiger partial charge in [0, 0.05) is 23.9 Å². The first-order valence-corrected chi connectivity index (χ1v) is 9.61. The number of halogens is 2. The van der Waals surface area contributed by atoms with E-state index in [1.807, 2.05) is 12.1 Å². The van der Waals surface area contributed by atoms with Crippen molar-refractivity contribution in [2.24, 2.45) is 0 Å². The highest BCUT2D eigenvalue weighted by atomic mass is 35.5. The Morgan fingerprint density at radius 3 is 2.47 bits per heavy atom. The Labute approximate surface area is 179 Å². The minimum absolute atomic E-state index is 0.212. The Balaban J connectivity index is 1.58. The molecule has 0 aliphatic rings. The molecule has 0 heterocycles. The number of carbonyl (C=O) groups excluding carboxylic acids is 2. The molecule has 0 bridgehead atoms. The monoisotopic (exact) mass is 426 g/mol. The lowest BCUT2D eigenvalue weighted by molar-refractivity contribution is 0.0773. The number of amides is 2. The number of anilines is 1.